The van der Waals surface area contributed by atoms with E-state index in [9.17, 15) is 4.79 Å². The number of amides is 1. The monoisotopic (exact) mass is 255 g/mol. The van der Waals surface area contributed by atoms with Gasteiger partial charge >= 0.3 is 0 Å². The Bertz CT molecular complexity index is 138. The third kappa shape index (κ3) is 1.60. The van der Waals surface area contributed by atoms with E-state index in [1.807, 2.05) is 30.1 Å². The molecule has 0 bridgehead atoms. The lowest BCUT2D eigenvalue weighted by molar-refractivity contribution is -0.130. The van der Waals surface area contributed by atoms with Gasteiger partial charge in [0.25, 0.3) is 0 Å². The molecule has 10 heavy (non-hydrogen) atoms. The summed E-state index contributed by atoms with van der Waals surface area (Å²) in [6.07, 6.45) is 0.943. The first kappa shape index (κ1) is 8.26. The van der Waals surface area contributed by atoms with E-state index in [-0.39, 0.29) is 11.8 Å². The number of halogens is 1. The Labute approximate surface area is 74.4 Å². The third-order valence-electron chi connectivity index (χ3n) is 1.80. The number of carbonyl (C=O) groups excluding carboxylic acids is 1. The fourth-order valence-corrected chi connectivity index (χ4v) is 1.56. The molecule has 0 aromatic heterocycles. The topological polar surface area (TPSA) is 29.5 Å². The Kier molecular flexibility index (Phi) is 2.91. The van der Waals surface area contributed by atoms with Crippen LogP contribution in [-0.2, 0) is 7.86 Å². The second-order valence-corrected chi connectivity index (χ2v) is 3.14. The van der Waals surface area contributed by atoms with Gasteiger partial charge in [0.2, 0.25) is 5.91 Å². The highest BCUT2D eigenvalue weighted by Gasteiger charge is 2.28. The first-order valence-corrected chi connectivity index (χ1v) is 4.12. The lowest BCUT2D eigenvalue weighted by Gasteiger charge is -2.07. The molecule has 0 spiro atoms. The van der Waals surface area contributed by atoms with Crippen LogP contribution in [0, 0.1) is 5.92 Å². The van der Waals surface area contributed by atoms with Gasteiger partial charge in [-0.05, 0) is 6.42 Å². The highest BCUT2D eigenvalue weighted by molar-refractivity contribution is 14.1. The van der Waals surface area contributed by atoms with Crippen molar-refractivity contribution in [2.75, 3.05) is 20.2 Å². The van der Waals surface area contributed by atoms with E-state index >= 15 is 0 Å². The molecule has 0 saturated carbocycles. The predicted molar refractivity (Wildman–Crippen MR) is 45.7 cm³/mol. The van der Waals surface area contributed by atoms with Crippen molar-refractivity contribution in [2.24, 2.45) is 5.92 Å². The van der Waals surface area contributed by atoms with Crippen LogP contribution in [-0.4, -0.2) is 31.0 Å². The molecule has 0 aliphatic carbocycles. The maximum Gasteiger partial charge on any atom is 0.227 e. The van der Waals surface area contributed by atoms with Gasteiger partial charge in [0, 0.05) is 13.6 Å². The summed E-state index contributed by atoms with van der Waals surface area (Å²) in [6, 6.07) is 0. The second-order valence-electron chi connectivity index (χ2n) is 2.52. The lowest BCUT2D eigenvalue weighted by atomic mass is 10.1. The van der Waals surface area contributed by atoms with Crippen molar-refractivity contribution in [1.29, 1.82) is 0 Å². The number of rotatable bonds is 2. The van der Waals surface area contributed by atoms with E-state index in [0.29, 0.717) is 6.61 Å². The Morgan fingerprint density at radius 2 is 2.60 bits per heavy atom. The van der Waals surface area contributed by atoms with Crippen LogP contribution in [0.3, 0.4) is 0 Å². The van der Waals surface area contributed by atoms with Gasteiger partial charge in [0.1, 0.15) is 23.0 Å². The number of likely N-dealkylation sites (tertiary alicyclic amines) is 1. The molecule has 1 unspecified atom stereocenters. The van der Waals surface area contributed by atoms with Gasteiger partial charge in [-0.1, -0.05) is 0 Å². The van der Waals surface area contributed by atoms with Gasteiger partial charge in [-0.2, -0.15) is 0 Å². The number of carbonyl (C=O) groups is 1. The SMILES string of the molecule is CN1CCC(COI)C1=O. The second kappa shape index (κ2) is 3.52. The molecular formula is C6H10INO2. The molecule has 1 atom stereocenters. The maximum absolute atomic E-state index is 11.1. The highest BCUT2D eigenvalue weighted by atomic mass is 127. The summed E-state index contributed by atoms with van der Waals surface area (Å²) in [5.74, 6) is 0.332. The zero-order valence-electron chi connectivity index (χ0n) is 5.84. The molecule has 3 nitrogen and oxygen atoms in total. The largest absolute Gasteiger partial charge is 0.345 e. The van der Waals surface area contributed by atoms with Crippen molar-refractivity contribution in [2.45, 2.75) is 6.42 Å². The normalized spacial score (nSPS) is 26.0. The molecule has 1 rings (SSSR count). The van der Waals surface area contributed by atoms with Crippen LogP contribution in [0.15, 0.2) is 0 Å². The first-order chi connectivity index (χ1) is 4.75. The molecule has 58 valence electrons. The van der Waals surface area contributed by atoms with Crippen molar-refractivity contribution in [3.05, 3.63) is 0 Å². The lowest BCUT2D eigenvalue weighted by Crippen LogP contribution is -2.24. The van der Waals surface area contributed by atoms with Crippen LogP contribution >= 0.6 is 23.0 Å². The Balaban J connectivity index is 2.41. The van der Waals surface area contributed by atoms with E-state index < -0.39 is 0 Å². The standard InChI is InChI=1S/C6H10INO2/c1-8-3-2-5(4-10-7)6(8)9/h5H,2-4H2,1H3. The predicted octanol–water partition coefficient (Wildman–Crippen LogP) is 0.831. The zero-order valence-corrected chi connectivity index (χ0v) is 8.00. The van der Waals surface area contributed by atoms with Crippen molar-refractivity contribution < 1.29 is 7.86 Å². The summed E-state index contributed by atoms with van der Waals surface area (Å²) >= 11 is 1.82. The van der Waals surface area contributed by atoms with E-state index in [1.54, 1.807) is 4.90 Å². The average molecular weight is 255 g/mol. The Morgan fingerprint density at radius 3 is 3.00 bits per heavy atom. The molecule has 1 aliphatic heterocycles. The van der Waals surface area contributed by atoms with Gasteiger partial charge in [0.15, 0.2) is 0 Å². The van der Waals surface area contributed by atoms with Crippen molar-refractivity contribution in [1.82, 2.24) is 4.90 Å². The third-order valence-corrected chi connectivity index (χ3v) is 2.16. The summed E-state index contributed by atoms with van der Waals surface area (Å²) in [5.41, 5.74) is 0. The van der Waals surface area contributed by atoms with Crippen molar-refractivity contribution >= 4 is 28.9 Å². The minimum atomic E-state index is 0.113. The van der Waals surface area contributed by atoms with Gasteiger partial charge in [-0.3, -0.25) is 4.79 Å². The fraction of sp³-hybridized carbons (Fsp3) is 0.833. The molecule has 4 heteroatoms. The van der Waals surface area contributed by atoms with Crippen LogP contribution in [0.25, 0.3) is 0 Å². The Hall–Kier alpha value is 0.160. The summed E-state index contributed by atoms with van der Waals surface area (Å²) in [7, 11) is 1.83. The first-order valence-electron chi connectivity index (χ1n) is 3.24. The van der Waals surface area contributed by atoms with E-state index in [4.69, 9.17) is 3.07 Å². The van der Waals surface area contributed by atoms with Gasteiger partial charge in [-0.15, -0.1) is 0 Å². The molecule has 1 amide bonds. The molecule has 0 aromatic carbocycles. The molecule has 1 aliphatic rings. The molecule has 0 N–H and O–H groups in total. The zero-order chi connectivity index (χ0) is 7.56. The van der Waals surface area contributed by atoms with Crippen LogP contribution in [0.5, 0.6) is 0 Å². The summed E-state index contributed by atoms with van der Waals surface area (Å²) in [4.78, 5) is 12.9. The van der Waals surface area contributed by atoms with Crippen molar-refractivity contribution in [3.63, 3.8) is 0 Å². The molecule has 1 fully saturated rings. The minimum absolute atomic E-state index is 0.113. The van der Waals surface area contributed by atoms with Crippen LogP contribution in [0.4, 0.5) is 0 Å². The number of hydrogen-bond acceptors (Lipinski definition) is 2. The van der Waals surface area contributed by atoms with Crippen molar-refractivity contribution in [3.8, 4) is 0 Å². The molecule has 0 radical (unpaired) electrons. The average Bonchev–Trinajstić information content (AvgIpc) is 2.20. The highest BCUT2D eigenvalue weighted by Crippen LogP contribution is 2.16. The van der Waals surface area contributed by atoms with E-state index in [0.717, 1.165) is 13.0 Å². The van der Waals surface area contributed by atoms with E-state index in [1.165, 1.54) is 0 Å². The van der Waals surface area contributed by atoms with E-state index in [2.05, 4.69) is 0 Å². The summed E-state index contributed by atoms with van der Waals surface area (Å²) in [6.45, 7) is 1.44. The fourth-order valence-electron chi connectivity index (χ4n) is 1.13. The molecule has 0 aromatic rings. The smallest absolute Gasteiger partial charge is 0.227 e. The number of hydrogen-bond donors (Lipinski definition) is 0. The maximum atomic E-state index is 11.1. The summed E-state index contributed by atoms with van der Waals surface area (Å²) in [5, 5.41) is 0. The van der Waals surface area contributed by atoms with Gasteiger partial charge < -0.3 is 7.97 Å². The molecule has 1 heterocycles. The molecular weight excluding hydrogens is 245 g/mol. The quantitative estimate of drug-likeness (QED) is 0.684. The van der Waals surface area contributed by atoms with Gasteiger partial charge in [-0.25, -0.2) is 0 Å². The van der Waals surface area contributed by atoms with Gasteiger partial charge in [0.05, 0.1) is 12.5 Å². The Morgan fingerprint density at radius 1 is 1.90 bits per heavy atom. The van der Waals surface area contributed by atoms with Crippen LogP contribution < -0.4 is 0 Å². The van der Waals surface area contributed by atoms with Crippen LogP contribution in [0.1, 0.15) is 6.42 Å². The molecule has 1 saturated heterocycles. The number of nitrogens with zero attached hydrogens (tertiary/aromatic N) is 1. The minimum Gasteiger partial charge on any atom is -0.345 e. The summed E-state index contributed by atoms with van der Waals surface area (Å²) < 4.78 is 4.87. The van der Waals surface area contributed by atoms with Crippen LogP contribution in [0.2, 0.25) is 0 Å².